The van der Waals surface area contributed by atoms with Crippen molar-refractivity contribution < 1.29 is 18.0 Å². The molecule has 0 saturated heterocycles. The molecule has 0 spiro atoms. The van der Waals surface area contributed by atoms with Gasteiger partial charge in [-0.15, -0.1) is 0 Å². The summed E-state index contributed by atoms with van der Waals surface area (Å²) in [5.41, 5.74) is 1.56. The van der Waals surface area contributed by atoms with E-state index in [-0.39, 0.29) is 34.5 Å². The number of nitrogens with one attached hydrogen (secondary N) is 1. The van der Waals surface area contributed by atoms with Crippen molar-refractivity contribution in [3.8, 4) is 0 Å². The van der Waals surface area contributed by atoms with E-state index < -0.39 is 34.1 Å². The van der Waals surface area contributed by atoms with E-state index in [1.54, 1.807) is 61.5 Å². The zero-order chi connectivity index (χ0) is 33.6. The van der Waals surface area contributed by atoms with Crippen molar-refractivity contribution in [2.75, 3.05) is 10.8 Å². The summed E-state index contributed by atoms with van der Waals surface area (Å²) in [5.74, 6) is -0.990. The predicted molar refractivity (Wildman–Crippen MR) is 186 cm³/mol. The molecule has 0 unspecified atom stereocenters. The number of benzene rings is 4. The van der Waals surface area contributed by atoms with Crippen LogP contribution in [-0.2, 0) is 32.6 Å². The first-order valence-corrected chi connectivity index (χ1v) is 17.2. The first kappa shape index (κ1) is 35.3. The Kier molecular flexibility index (Phi) is 11.4. The highest BCUT2D eigenvalue weighted by Gasteiger charge is 2.36. The maximum Gasteiger partial charge on any atom is 0.264 e. The summed E-state index contributed by atoms with van der Waals surface area (Å²) in [4.78, 5) is 30.0. The van der Waals surface area contributed by atoms with Gasteiger partial charge in [0.15, 0.2) is 0 Å². The highest BCUT2D eigenvalue weighted by atomic mass is 35.5. The number of anilines is 1. The molecular formula is C35H36Cl3N3O4S. The van der Waals surface area contributed by atoms with Gasteiger partial charge < -0.3 is 10.2 Å². The van der Waals surface area contributed by atoms with Crippen LogP contribution >= 0.6 is 34.8 Å². The fourth-order valence-electron chi connectivity index (χ4n) is 4.94. The second-order valence-corrected chi connectivity index (χ2v) is 15.0. The van der Waals surface area contributed by atoms with E-state index in [2.05, 4.69) is 5.32 Å². The van der Waals surface area contributed by atoms with Crippen LogP contribution in [0.4, 0.5) is 5.69 Å². The Morgan fingerprint density at radius 2 is 1.41 bits per heavy atom. The zero-order valence-corrected chi connectivity index (χ0v) is 29.1. The molecule has 11 heteroatoms. The van der Waals surface area contributed by atoms with Crippen LogP contribution in [-0.4, -0.2) is 43.3 Å². The predicted octanol–water partition coefficient (Wildman–Crippen LogP) is 7.71. The SMILES string of the molecule is Cc1c(Cl)cccc1N(CC(=O)N(Cc1ccc(Cl)c(Cl)c1)[C@@H](Cc1ccccc1)C(=O)NC(C)(C)C)S(=O)(=O)c1ccccc1. The molecule has 46 heavy (non-hydrogen) atoms. The summed E-state index contributed by atoms with van der Waals surface area (Å²) in [7, 11) is -4.25. The van der Waals surface area contributed by atoms with Crippen LogP contribution in [0.2, 0.25) is 15.1 Å². The summed E-state index contributed by atoms with van der Waals surface area (Å²) in [6, 6.07) is 26.0. The Balaban J connectivity index is 1.86. The van der Waals surface area contributed by atoms with Crippen LogP contribution < -0.4 is 9.62 Å². The molecule has 4 aromatic carbocycles. The van der Waals surface area contributed by atoms with Crippen LogP contribution in [0.3, 0.4) is 0 Å². The number of sulfonamides is 1. The quantitative estimate of drug-likeness (QED) is 0.174. The Morgan fingerprint density at radius 3 is 2.02 bits per heavy atom. The summed E-state index contributed by atoms with van der Waals surface area (Å²) in [5, 5.41) is 3.98. The van der Waals surface area contributed by atoms with Crippen LogP contribution in [0.1, 0.15) is 37.5 Å². The van der Waals surface area contributed by atoms with Gasteiger partial charge in [-0.25, -0.2) is 8.42 Å². The van der Waals surface area contributed by atoms with E-state index >= 15 is 0 Å². The van der Waals surface area contributed by atoms with Crippen LogP contribution in [0.15, 0.2) is 102 Å². The first-order valence-electron chi connectivity index (χ1n) is 14.6. The molecule has 0 aliphatic heterocycles. The Bertz CT molecular complexity index is 1800. The highest BCUT2D eigenvalue weighted by Crippen LogP contribution is 2.32. The Morgan fingerprint density at radius 1 is 0.783 bits per heavy atom. The Labute approximate surface area is 286 Å². The van der Waals surface area contributed by atoms with Gasteiger partial charge in [-0.05, 0) is 80.8 Å². The third kappa shape index (κ3) is 8.82. The van der Waals surface area contributed by atoms with E-state index in [4.69, 9.17) is 34.8 Å². The van der Waals surface area contributed by atoms with Crippen molar-refractivity contribution in [2.24, 2.45) is 0 Å². The standard InChI is InChI=1S/C35H36Cl3N3O4S/c1-24-28(36)16-11-17-31(24)41(46(44,45)27-14-9-6-10-15-27)23-33(42)40(22-26-18-19-29(37)30(38)20-26)32(34(43)39-35(2,3)4)21-25-12-7-5-8-13-25/h5-20,32H,21-23H2,1-4H3,(H,39,43)/t32-/m0/s1. The lowest BCUT2D eigenvalue weighted by atomic mass is 10.0. The van der Waals surface area contributed by atoms with Gasteiger partial charge in [0.2, 0.25) is 11.8 Å². The van der Waals surface area contributed by atoms with Crippen LogP contribution in [0.25, 0.3) is 0 Å². The van der Waals surface area contributed by atoms with E-state index in [1.165, 1.54) is 17.0 Å². The molecule has 0 fully saturated rings. The monoisotopic (exact) mass is 699 g/mol. The summed E-state index contributed by atoms with van der Waals surface area (Å²) >= 11 is 19.0. The van der Waals surface area contributed by atoms with E-state index in [0.717, 1.165) is 9.87 Å². The lowest BCUT2D eigenvalue weighted by Gasteiger charge is -2.35. The molecule has 1 atom stereocenters. The van der Waals surface area contributed by atoms with Crippen molar-refractivity contribution >= 4 is 62.3 Å². The average Bonchev–Trinajstić information content (AvgIpc) is 3.01. The van der Waals surface area contributed by atoms with Gasteiger partial charge in [0.05, 0.1) is 20.6 Å². The van der Waals surface area contributed by atoms with Crippen molar-refractivity contribution in [1.29, 1.82) is 0 Å². The van der Waals surface area contributed by atoms with Crippen LogP contribution in [0.5, 0.6) is 0 Å². The second kappa shape index (κ2) is 14.9. The number of carbonyl (C=O) groups is 2. The van der Waals surface area contributed by atoms with Gasteiger partial charge in [-0.3, -0.25) is 13.9 Å². The van der Waals surface area contributed by atoms with Crippen molar-refractivity contribution in [3.63, 3.8) is 0 Å². The number of hydrogen-bond donors (Lipinski definition) is 1. The molecule has 4 rings (SSSR count). The first-order chi connectivity index (χ1) is 21.7. The van der Waals surface area contributed by atoms with E-state index in [0.29, 0.717) is 21.2 Å². The molecule has 1 N–H and O–H groups in total. The van der Waals surface area contributed by atoms with Crippen LogP contribution in [0, 0.1) is 6.92 Å². The fraction of sp³-hybridized carbons (Fsp3) is 0.257. The van der Waals surface area contributed by atoms with Gasteiger partial charge in [-0.1, -0.05) is 95.5 Å². The number of rotatable bonds is 11. The fourth-order valence-corrected chi connectivity index (χ4v) is 6.92. The molecule has 4 aromatic rings. The minimum atomic E-state index is -4.25. The maximum atomic E-state index is 14.6. The van der Waals surface area contributed by atoms with Crippen molar-refractivity contribution in [1.82, 2.24) is 10.2 Å². The van der Waals surface area contributed by atoms with E-state index in [9.17, 15) is 18.0 Å². The zero-order valence-electron chi connectivity index (χ0n) is 26.0. The largest absolute Gasteiger partial charge is 0.350 e. The summed E-state index contributed by atoms with van der Waals surface area (Å²) in [6.45, 7) is 6.60. The minimum Gasteiger partial charge on any atom is -0.350 e. The van der Waals surface area contributed by atoms with Gasteiger partial charge in [-0.2, -0.15) is 0 Å². The number of carbonyl (C=O) groups excluding carboxylic acids is 2. The van der Waals surface area contributed by atoms with Gasteiger partial charge in [0, 0.05) is 23.5 Å². The molecule has 0 radical (unpaired) electrons. The molecule has 242 valence electrons. The van der Waals surface area contributed by atoms with Crippen molar-refractivity contribution in [3.05, 3.63) is 129 Å². The topological polar surface area (TPSA) is 86.8 Å². The van der Waals surface area contributed by atoms with Gasteiger partial charge in [0.25, 0.3) is 10.0 Å². The third-order valence-electron chi connectivity index (χ3n) is 7.22. The van der Waals surface area contributed by atoms with Gasteiger partial charge in [0.1, 0.15) is 12.6 Å². The molecule has 0 saturated carbocycles. The molecule has 0 heterocycles. The minimum absolute atomic E-state index is 0.00418. The average molecular weight is 701 g/mol. The lowest BCUT2D eigenvalue weighted by Crippen LogP contribution is -2.56. The number of nitrogens with zero attached hydrogens (tertiary/aromatic N) is 2. The normalized spacial score (nSPS) is 12.3. The number of halogens is 3. The molecule has 7 nitrogen and oxygen atoms in total. The summed E-state index contributed by atoms with van der Waals surface area (Å²) in [6.07, 6.45) is 0.178. The van der Waals surface area contributed by atoms with Gasteiger partial charge >= 0.3 is 0 Å². The van der Waals surface area contributed by atoms with E-state index in [1.807, 2.05) is 51.1 Å². The molecule has 0 aliphatic carbocycles. The molecule has 0 aromatic heterocycles. The maximum absolute atomic E-state index is 14.6. The number of amides is 2. The smallest absolute Gasteiger partial charge is 0.264 e. The Hall–Kier alpha value is -3.56. The number of hydrogen-bond acceptors (Lipinski definition) is 4. The molecular weight excluding hydrogens is 665 g/mol. The second-order valence-electron chi connectivity index (χ2n) is 11.9. The molecule has 2 amide bonds. The lowest BCUT2D eigenvalue weighted by molar-refractivity contribution is -0.140. The highest BCUT2D eigenvalue weighted by molar-refractivity contribution is 7.92. The molecule has 0 bridgehead atoms. The third-order valence-corrected chi connectivity index (χ3v) is 10.1. The molecule has 0 aliphatic rings. The van der Waals surface area contributed by atoms with Crippen molar-refractivity contribution in [2.45, 2.75) is 57.1 Å². The summed E-state index contributed by atoms with van der Waals surface area (Å²) < 4.78 is 29.4.